The molecule has 7 nitrogen and oxygen atoms in total. The topological polar surface area (TPSA) is 101 Å². The standard InChI is InChI=1S/C18H12ClFN4O3S/c19-12-6-7-15(14(20)8-12)24-28(25,26)13-9-16(21-10-13)18-23-22-17(27-18)11-4-2-1-3-5-11/h1-10,21,24H. The summed E-state index contributed by atoms with van der Waals surface area (Å²) in [6, 6.07) is 14.1. The molecule has 0 unspecified atom stereocenters. The van der Waals surface area contributed by atoms with Crippen molar-refractivity contribution in [3.8, 4) is 23.0 Å². The minimum atomic E-state index is -4.04. The first-order chi connectivity index (χ1) is 13.4. The second-order valence-electron chi connectivity index (χ2n) is 5.76. The Morgan fingerprint density at radius 3 is 2.54 bits per heavy atom. The lowest BCUT2D eigenvalue weighted by molar-refractivity contribution is 0.582. The minimum absolute atomic E-state index is 0.115. The fraction of sp³-hybridized carbons (Fsp3) is 0. The van der Waals surface area contributed by atoms with Gasteiger partial charge in [-0.1, -0.05) is 29.8 Å². The van der Waals surface area contributed by atoms with Gasteiger partial charge < -0.3 is 9.40 Å². The Hall–Kier alpha value is -3.17. The quantitative estimate of drug-likeness (QED) is 0.502. The number of anilines is 1. The molecule has 4 aromatic rings. The summed E-state index contributed by atoms with van der Waals surface area (Å²) in [6.07, 6.45) is 1.25. The largest absolute Gasteiger partial charge is 0.415 e. The van der Waals surface area contributed by atoms with Gasteiger partial charge in [0.15, 0.2) is 0 Å². The number of aromatic amines is 1. The zero-order valence-corrected chi connectivity index (χ0v) is 15.6. The van der Waals surface area contributed by atoms with Crippen LogP contribution < -0.4 is 4.72 Å². The van der Waals surface area contributed by atoms with Crippen molar-refractivity contribution < 1.29 is 17.2 Å². The molecular weight excluding hydrogens is 407 g/mol. The molecule has 2 N–H and O–H groups in total. The Kier molecular flexibility index (Phi) is 4.62. The molecule has 0 amide bonds. The van der Waals surface area contributed by atoms with E-state index >= 15 is 0 Å². The highest BCUT2D eigenvalue weighted by molar-refractivity contribution is 7.92. The number of nitrogens with one attached hydrogen (secondary N) is 2. The van der Waals surface area contributed by atoms with E-state index in [4.69, 9.17) is 16.0 Å². The molecule has 0 fully saturated rings. The summed E-state index contributed by atoms with van der Waals surface area (Å²) in [4.78, 5) is 2.66. The predicted octanol–water partition coefficient (Wildman–Crippen LogP) is 4.33. The summed E-state index contributed by atoms with van der Waals surface area (Å²) in [5, 5.41) is 8.05. The highest BCUT2D eigenvalue weighted by Crippen LogP contribution is 2.26. The molecule has 2 aromatic carbocycles. The molecule has 4 rings (SSSR count). The first kappa shape index (κ1) is 18.2. The van der Waals surface area contributed by atoms with E-state index in [1.807, 2.05) is 30.3 Å². The Morgan fingerprint density at radius 1 is 1.04 bits per heavy atom. The maximum Gasteiger partial charge on any atom is 0.264 e. The molecule has 142 valence electrons. The molecule has 0 atom stereocenters. The van der Waals surface area contributed by atoms with Crippen LogP contribution in [0.5, 0.6) is 0 Å². The number of benzene rings is 2. The van der Waals surface area contributed by atoms with E-state index in [0.29, 0.717) is 11.6 Å². The maximum absolute atomic E-state index is 13.9. The van der Waals surface area contributed by atoms with E-state index in [9.17, 15) is 12.8 Å². The van der Waals surface area contributed by atoms with E-state index in [1.54, 1.807) is 0 Å². The van der Waals surface area contributed by atoms with Crippen molar-refractivity contribution in [3.63, 3.8) is 0 Å². The molecule has 28 heavy (non-hydrogen) atoms. The van der Waals surface area contributed by atoms with Crippen molar-refractivity contribution in [1.29, 1.82) is 0 Å². The Morgan fingerprint density at radius 2 is 1.79 bits per heavy atom. The van der Waals surface area contributed by atoms with Gasteiger partial charge in [0.2, 0.25) is 5.89 Å². The first-order valence-electron chi connectivity index (χ1n) is 7.98. The van der Waals surface area contributed by atoms with Crippen LogP contribution in [0.25, 0.3) is 23.0 Å². The van der Waals surface area contributed by atoms with Crippen LogP contribution in [0.1, 0.15) is 0 Å². The zero-order valence-electron chi connectivity index (χ0n) is 14.1. The van der Waals surface area contributed by atoms with E-state index in [2.05, 4.69) is 19.9 Å². The van der Waals surface area contributed by atoms with Crippen molar-refractivity contribution in [2.45, 2.75) is 4.90 Å². The van der Waals surface area contributed by atoms with Gasteiger partial charge in [0, 0.05) is 16.8 Å². The third-order valence-electron chi connectivity index (χ3n) is 3.82. The lowest BCUT2D eigenvalue weighted by Gasteiger charge is -2.07. The normalized spacial score (nSPS) is 11.5. The van der Waals surface area contributed by atoms with Gasteiger partial charge in [-0.2, -0.15) is 0 Å². The predicted molar refractivity (Wildman–Crippen MR) is 102 cm³/mol. The number of nitrogens with zero attached hydrogens (tertiary/aromatic N) is 2. The number of aromatic nitrogens is 3. The lowest BCUT2D eigenvalue weighted by atomic mass is 10.2. The Balaban J connectivity index is 1.59. The summed E-state index contributed by atoms with van der Waals surface area (Å²) in [5.74, 6) is -0.356. The van der Waals surface area contributed by atoms with Gasteiger partial charge in [-0.25, -0.2) is 12.8 Å². The third kappa shape index (κ3) is 3.62. The van der Waals surface area contributed by atoms with Gasteiger partial charge in [-0.3, -0.25) is 4.72 Å². The Labute approximate surface area is 164 Å². The van der Waals surface area contributed by atoms with Gasteiger partial charge in [-0.15, -0.1) is 10.2 Å². The number of hydrogen-bond acceptors (Lipinski definition) is 5. The summed E-state index contributed by atoms with van der Waals surface area (Å²) < 4.78 is 46.7. The van der Waals surface area contributed by atoms with Gasteiger partial charge in [-0.05, 0) is 36.4 Å². The van der Waals surface area contributed by atoms with E-state index < -0.39 is 15.8 Å². The van der Waals surface area contributed by atoms with E-state index in [1.165, 1.54) is 24.4 Å². The average Bonchev–Trinajstić information content (AvgIpc) is 3.34. The van der Waals surface area contributed by atoms with Crippen LogP contribution in [0, 0.1) is 5.82 Å². The lowest BCUT2D eigenvalue weighted by Crippen LogP contribution is -2.13. The van der Waals surface area contributed by atoms with E-state index in [-0.39, 0.29) is 21.5 Å². The fourth-order valence-corrected chi connectivity index (χ4v) is 3.68. The van der Waals surface area contributed by atoms with Crippen LogP contribution in [-0.4, -0.2) is 23.6 Å². The molecule has 0 bridgehead atoms. The van der Waals surface area contributed by atoms with Crippen molar-refractivity contribution in [1.82, 2.24) is 15.2 Å². The van der Waals surface area contributed by atoms with Gasteiger partial charge in [0.25, 0.3) is 15.9 Å². The number of rotatable bonds is 5. The molecule has 2 heterocycles. The van der Waals surface area contributed by atoms with Crippen molar-refractivity contribution in [2.75, 3.05) is 4.72 Å². The average molecular weight is 419 g/mol. The third-order valence-corrected chi connectivity index (χ3v) is 5.40. The molecule has 2 aromatic heterocycles. The summed E-state index contributed by atoms with van der Waals surface area (Å²) in [7, 11) is -4.04. The molecule has 0 radical (unpaired) electrons. The minimum Gasteiger partial charge on any atom is -0.415 e. The van der Waals surface area contributed by atoms with Gasteiger partial charge in [0.05, 0.1) is 5.69 Å². The zero-order chi connectivity index (χ0) is 19.7. The highest BCUT2D eigenvalue weighted by Gasteiger charge is 2.20. The second kappa shape index (κ2) is 7.10. The molecule has 0 aliphatic carbocycles. The van der Waals surface area contributed by atoms with Crippen LogP contribution in [0.15, 0.2) is 70.1 Å². The Bertz CT molecular complexity index is 1240. The molecular formula is C18H12ClFN4O3S. The SMILES string of the molecule is O=S(=O)(Nc1ccc(Cl)cc1F)c1c[nH]c(-c2nnc(-c3ccccc3)o2)c1. The van der Waals surface area contributed by atoms with Crippen LogP contribution in [0.3, 0.4) is 0 Å². The van der Waals surface area contributed by atoms with Crippen molar-refractivity contribution in [2.24, 2.45) is 0 Å². The summed E-state index contributed by atoms with van der Waals surface area (Å²) in [5.41, 5.74) is 0.837. The number of halogens is 2. The molecule has 0 saturated carbocycles. The van der Waals surface area contributed by atoms with Crippen LogP contribution in [0.4, 0.5) is 10.1 Å². The van der Waals surface area contributed by atoms with E-state index in [0.717, 1.165) is 11.6 Å². The van der Waals surface area contributed by atoms with Crippen LogP contribution in [0.2, 0.25) is 5.02 Å². The monoisotopic (exact) mass is 418 g/mol. The second-order valence-corrected chi connectivity index (χ2v) is 7.88. The molecule has 10 heteroatoms. The maximum atomic E-state index is 13.9. The summed E-state index contributed by atoms with van der Waals surface area (Å²) >= 11 is 5.68. The number of H-pyrrole nitrogens is 1. The first-order valence-corrected chi connectivity index (χ1v) is 9.84. The summed E-state index contributed by atoms with van der Waals surface area (Å²) in [6.45, 7) is 0. The van der Waals surface area contributed by atoms with Crippen LogP contribution in [-0.2, 0) is 10.0 Å². The number of hydrogen-bond donors (Lipinski definition) is 2. The molecule has 0 spiro atoms. The smallest absolute Gasteiger partial charge is 0.264 e. The van der Waals surface area contributed by atoms with Crippen LogP contribution >= 0.6 is 11.6 Å². The molecule has 0 aliphatic rings. The highest BCUT2D eigenvalue weighted by atomic mass is 35.5. The van der Waals surface area contributed by atoms with Gasteiger partial charge >= 0.3 is 0 Å². The van der Waals surface area contributed by atoms with Crippen molar-refractivity contribution >= 4 is 27.3 Å². The van der Waals surface area contributed by atoms with Crippen molar-refractivity contribution in [3.05, 3.63) is 71.6 Å². The molecule has 0 aliphatic heterocycles. The number of sulfonamides is 1. The van der Waals surface area contributed by atoms with Gasteiger partial charge in [0.1, 0.15) is 16.4 Å². The fourth-order valence-electron chi connectivity index (χ4n) is 2.46. The molecule has 0 saturated heterocycles.